The van der Waals surface area contributed by atoms with Crippen LogP contribution in [0.25, 0.3) is 0 Å². The normalized spacial score (nSPS) is 14.4. The van der Waals surface area contributed by atoms with Crippen LogP contribution in [-0.4, -0.2) is 36.5 Å². The summed E-state index contributed by atoms with van der Waals surface area (Å²) >= 11 is 1.36. The zero-order valence-electron chi connectivity index (χ0n) is 12.0. The molecule has 0 aliphatic carbocycles. The van der Waals surface area contributed by atoms with Gasteiger partial charge in [-0.25, -0.2) is 0 Å². The van der Waals surface area contributed by atoms with E-state index in [2.05, 4.69) is 14.8 Å². The average molecular weight is 319 g/mol. The number of phenolic OH excluding ortho intramolecular Hbond substituents is 2. The van der Waals surface area contributed by atoms with Crippen molar-refractivity contribution in [3.8, 4) is 11.5 Å². The van der Waals surface area contributed by atoms with Crippen LogP contribution in [0.15, 0.2) is 23.4 Å². The zero-order chi connectivity index (χ0) is 15.5. The van der Waals surface area contributed by atoms with Crippen LogP contribution in [0.2, 0.25) is 0 Å². The first-order valence-corrected chi connectivity index (χ1v) is 8.24. The van der Waals surface area contributed by atoms with Gasteiger partial charge in [-0.1, -0.05) is 18.2 Å². The fourth-order valence-electron chi connectivity index (χ4n) is 2.48. The number of aryl methyl sites for hydroxylation is 1. The van der Waals surface area contributed by atoms with Gasteiger partial charge in [0.2, 0.25) is 0 Å². The molecule has 7 heteroatoms. The Balaban J connectivity index is 1.68. The number of ketones is 1. The predicted molar refractivity (Wildman–Crippen MR) is 82.4 cm³/mol. The van der Waals surface area contributed by atoms with Gasteiger partial charge in [0.1, 0.15) is 5.82 Å². The van der Waals surface area contributed by atoms with E-state index in [1.165, 1.54) is 36.4 Å². The van der Waals surface area contributed by atoms with Crippen LogP contribution in [0.4, 0.5) is 0 Å². The molecule has 3 rings (SSSR count). The third-order valence-corrected chi connectivity index (χ3v) is 4.67. The molecule has 0 spiro atoms. The van der Waals surface area contributed by atoms with E-state index in [0.717, 1.165) is 36.8 Å². The van der Waals surface area contributed by atoms with Crippen LogP contribution in [-0.2, 0) is 13.0 Å². The summed E-state index contributed by atoms with van der Waals surface area (Å²) < 4.78 is 2.10. The summed E-state index contributed by atoms with van der Waals surface area (Å²) in [6.45, 7) is 0.902. The molecule has 0 radical (unpaired) electrons. The highest BCUT2D eigenvalue weighted by atomic mass is 32.2. The summed E-state index contributed by atoms with van der Waals surface area (Å²) in [4.78, 5) is 12.2. The zero-order valence-corrected chi connectivity index (χ0v) is 12.8. The molecule has 0 atom stereocenters. The van der Waals surface area contributed by atoms with Gasteiger partial charge >= 0.3 is 0 Å². The van der Waals surface area contributed by atoms with E-state index in [0.29, 0.717) is 5.56 Å². The number of hydrogen-bond donors (Lipinski definition) is 2. The van der Waals surface area contributed by atoms with Gasteiger partial charge in [0, 0.05) is 18.5 Å². The molecule has 2 aromatic rings. The SMILES string of the molecule is O=C(CSc1nnc2n1CCCCC2)c1ccc(O)c(O)c1. The van der Waals surface area contributed by atoms with Crippen molar-refractivity contribution in [2.75, 3.05) is 5.75 Å². The van der Waals surface area contributed by atoms with Crippen LogP contribution >= 0.6 is 11.8 Å². The summed E-state index contributed by atoms with van der Waals surface area (Å²) in [6, 6.07) is 4.10. The molecule has 0 amide bonds. The molecule has 1 aromatic carbocycles. The van der Waals surface area contributed by atoms with Gasteiger partial charge in [-0.2, -0.15) is 0 Å². The third kappa shape index (κ3) is 3.09. The fraction of sp³-hybridized carbons (Fsp3) is 0.400. The maximum atomic E-state index is 12.2. The van der Waals surface area contributed by atoms with E-state index in [4.69, 9.17) is 0 Å². The maximum absolute atomic E-state index is 12.2. The van der Waals surface area contributed by atoms with Crippen LogP contribution in [0.1, 0.15) is 35.4 Å². The van der Waals surface area contributed by atoms with Crippen LogP contribution in [0.5, 0.6) is 11.5 Å². The Morgan fingerprint density at radius 1 is 1.18 bits per heavy atom. The maximum Gasteiger partial charge on any atom is 0.191 e. The molecular formula is C15H17N3O3S. The molecule has 0 saturated heterocycles. The van der Waals surface area contributed by atoms with Gasteiger partial charge in [0.15, 0.2) is 22.4 Å². The number of fused-ring (bicyclic) bond motifs is 1. The highest BCUT2D eigenvalue weighted by molar-refractivity contribution is 7.99. The molecule has 1 aliphatic heterocycles. The van der Waals surface area contributed by atoms with E-state index in [1.807, 2.05) is 0 Å². The van der Waals surface area contributed by atoms with Crippen molar-refractivity contribution in [2.45, 2.75) is 37.4 Å². The van der Waals surface area contributed by atoms with Gasteiger partial charge in [0.25, 0.3) is 0 Å². The lowest BCUT2D eigenvalue weighted by Gasteiger charge is -2.06. The average Bonchev–Trinajstić information content (AvgIpc) is 2.74. The predicted octanol–water partition coefficient (Wildman–Crippen LogP) is 2.39. The third-order valence-electron chi connectivity index (χ3n) is 3.71. The van der Waals surface area contributed by atoms with Crippen molar-refractivity contribution in [1.29, 1.82) is 0 Å². The Labute approximate surface area is 132 Å². The molecule has 2 N–H and O–H groups in total. The van der Waals surface area contributed by atoms with Gasteiger partial charge < -0.3 is 14.8 Å². The second kappa shape index (κ2) is 6.39. The highest BCUT2D eigenvalue weighted by Crippen LogP contribution is 2.27. The van der Waals surface area contributed by atoms with Gasteiger partial charge in [-0.3, -0.25) is 4.79 Å². The lowest BCUT2D eigenvalue weighted by atomic mass is 10.1. The van der Waals surface area contributed by atoms with E-state index < -0.39 is 0 Å². The van der Waals surface area contributed by atoms with E-state index in [9.17, 15) is 15.0 Å². The van der Waals surface area contributed by atoms with Crippen LogP contribution in [0, 0.1) is 0 Å². The largest absolute Gasteiger partial charge is 0.504 e. The van der Waals surface area contributed by atoms with E-state index in [-0.39, 0.29) is 23.0 Å². The Hall–Kier alpha value is -2.02. The molecule has 0 saturated carbocycles. The first-order chi connectivity index (χ1) is 10.6. The lowest BCUT2D eigenvalue weighted by molar-refractivity contribution is 0.102. The number of aromatic hydroxyl groups is 2. The first-order valence-electron chi connectivity index (χ1n) is 7.25. The summed E-state index contributed by atoms with van der Waals surface area (Å²) in [5.41, 5.74) is 0.374. The number of carbonyl (C=O) groups is 1. The van der Waals surface area contributed by atoms with Crippen LogP contribution < -0.4 is 0 Å². The van der Waals surface area contributed by atoms with E-state index in [1.54, 1.807) is 0 Å². The highest BCUT2D eigenvalue weighted by Gasteiger charge is 2.17. The molecular weight excluding hydrogens is 302 g/mol. The van der Waals surface area contributed by atoms with Crippen molar-refractivity contribution in [3.05, 3.63) is 29.6 Å². The quantitative estimate of drug-likeness (QED) is 0.511. The van der Waals surface area contributed by atoms with Crippen molar-refractivity contribution in [2.24, 2.45) is 0 Å². The molecule has 2 heterocycles. The summed E-state index contributed by atoms with van der Waals surface area (Å²) in [6.07, 6.45) is 4.37. The minimum absolute atomic E-state index is 0.119. The Bertz CT molecular complexity index is 699. The second-order valence-corrected chi connectivity index (χ2v) is 6.22. The standard InChI is InChI=1S/C15H17N3O3S/c19-11-6-5-10(8-12(11)20)13(21)9-22-15-17-16-14-4-2-1-3-7-18(14)15/h5-6,8,19-20H,1-4,7,9H2. The number of carbonyl (C=O) groups excluding carboxylic acids is 1. The first kappa shape index (κ1) is 14.9. The molecule has 116 valence electrons. The molecule has 1 aliphatic rings. The summed E-state index contributed by atoms with van der Waals surface area (Å²) in [7, 11) is 0. The topological polar surface area (TPSA) is 88.2 Å². The van der Waals surface area contributed by atoms with Gasteiger partial charge in [0.05, 0.1) is 5.75 Å². The monoisotopic (exact) mass is 319 g/mol. The summed E-state index contributed by atoms with van der Waals surface area (Å²) in [5.74, 6) is 0.586. The van der Waals surface area contributed by atoms with Crippen LogP contribution in [0.3, 0.4) is 0 Å². The van der Waals surface area contributed by atoms with Gasteiger partial charge in [-0.15, -0.1) is 10.2 Å². The minimum atomic E-state index is -0.285. The number of phenols is 2. The van der Waals surface area contributed by atoms with Crippen molar-refractivity contribution in [3.63, 3.8) is 0 Å². The Morgan fingerprint density at radius 3 is 2.86 bits per heavy atom. The molecule has 22 heavy (non-hydrogen) atoms. The second-order valence-electron chi connectivity index (χ2n) is 5.28. The molecule has 0 bridgehead atoms. The van der Waals surface area contributed by atoms with Crippen molar-refractivity contribution < 1.29 is 15.0 Å². The smallest absolute Gasteiger partial charge is 0.191 e. The lowest BCUT2D eigenvalue weighted by Crippen LogP contribution is -2.06. The summed E-state index contributed by atoms with van der Waals surface area (Å²) in [5, 5.41) is 27.9. The number of thioether (sulfide) groups is 1. The van der Waals surface area contributed by atoms with Crippen molar-refractivity contribution >= 4 is 17.5 Å². The molecule has 0 unspecified atom stereocenters. The van der Waals surface area contributed by atoms with E-state index >= 15 is 0 Å². The number of hydrogen-bond acceptors (Lipinski definition) is 6. The number of rotatable bonds is 4. The number of aromatic nitrogens is 3. The molecule has 0 fully saturated rings. The molecule has 1 aromatic heterocycles. The Kier molecular flexibility index (Phi) is 4.33. The molecule has 6 nitrogen and oxygen atoms in total. The van der Waals surface area contributed by atoms with Crippen molar-refractivity contribution in [1.82, 2.24) is 14.8 Å². The Morgan fingerprint density at radius 2 is 2.05 bits per heavy atom. The van der Waals surface area contributed by atoms with Gasteiger partial charge in [-0.05, 0) is 31.0 Å². The number of Topliss-reactive ketones (excluding diaryl/α,β-unsaturated/α-hetero) is 1. The number of benzene rings is 1. The fourth-order valence-corrected chi connectivity index (χ4v) is 3.35. The minimum Gasteiger partial charge on any atom is -0.504 e. The number of nitrogens with zero attached hydrogens (tertiary/aromatic N) is 3.